The predicted octanol–water partition coefficient (Wildman–Crippen LogP) is -0.297. The lowest BCUT2D eigenvalue weighted by atomic mass is 10.1. The third-order valence-corrected chi connectivity index (χ3v) is 3.57. The van der Waals surface area contributed by atoms with Crippen molar-refractivity contribution in [1.29, 1.82) is 0 Å². The highest BCUT2D eigenvalue weighted by molar-refractivity contribution is 7.99. The highest BCUT2D eigenvalue weighted by atomic mass is 32.2. The fraction of sp³-hybridized carbons (Fsp3) is 0.714. The molecule has 0 unspecified atom stereocenters. The second-order valence-electron chi connectivity index (χ2n) is 4.90. The van der Waals surface area contributed by atoms with Crippen LogP contribution in [-0.2, 0) is 19.2 Å². The van der Waals surface area contributed by atoms with Crippen molar-refractivity contribution in [3.05, 3.63) is 0 Å². The Morgan fingerprint density at radius 1 is 0.864 bits per heavy atom. The Hall–Kier alpha value is -1.57. The minimum absolute atomic E-state index is 0.0435. The average Bonchev–Trinajstić information content (AvgIpc) is 2.48. The lowest BCUT2D eigenvalue weighted by molar-refractivity contribution is -0.128. The van der Waals surface area contributed by atoms with E-state index in [1.807, 2.05) is 6.92 Å². The molecule has 0 saturated carbocycles. The van der Waals surface area contributed by atoms with Gasteiger partial charge in [-0.2, -0.15) is 11.8 Å². The number of carbonyl (C=O) groups is 4. The second-order valence-corrected chi connectivity index (χ2v) is 6.29. The topological polar surface area (TPSA) is 104 Å². The molecule has 0 aromatic rings. The smallest absolute Gasteiger partial charge is 0.239 e. The van der Waals surface area contributed by atoms with Gasteiger partial charge in [-0.15, -0.1) is 0 Å². The van der Waals surface area contributed by atoms with Gasteiger partial charge < -0.3 is 16.0 Å². The summed E-state index contributed by atoms with van der Waals surface area (Å²) in [6.45, 7) is 5.09. The zero-order chi connectivity index (χ0) is 17.0. The third kappa shape index (κ3) is 11.1. The van der Waals surface area contributed by atoms with Crippen molar-refractivity contribution in [3.8, 4) is 0 Å². The molecule has 22 heavy (non-hydrogen) atoms. The summed E-state index contributed by atoms with van der Waals surface area (Å²) >= 11 is 1.65. The normalized spacial score (nSPS) is 10.2. The van der Waals surface area contributed by atoms with Crippen LogP contribution in [0.15, 0.2) is 0 Å². The molecule has 0 spiro atoms. The molecule has 0 aliphatic heterocycles. The van der Waals surface area contributed by atoms with Crippen molar-refractivity contribution in [2.75, 3.05) is 31.1 Å². The van der Waals surface area contributed by atoms with Crippen LogP contribution in [0.1, 0.15) is 27.2 Å². The summed E-state index contributed by atoms with van der Waals surface area (Å²) in [5.74, 6) is 0.379. The number of carbonyl (C=O) groups excluding carboxylic acids is 4. The van der Waals surface area contributed by atoms with Gasteiger partial charge in [0.25, 0.3) is 0 Å². The lowest BCUT2D eigenvalue weighted by Crippen LogP contribution is -2.43. The molecule has 0 aromatic carbocycles. The van der Waals surface area contributed by atoms with Crippen molar-refractivity contribution in [2.24, 2.45) is 5.92 Å². The summed E-state index contributed by atoms with van der Waals surface area (Å²) < 4.78 is 0. The van der Waals surface area contributed by atoms with Crippen LogP contribution in [0.2, 0.25) is 0 Å². The number of hydrogen-bond donors (Lipinski definition) is 3. The number of nitrogens with one attached hydrogen (secondary N) is 3. The van der Waals surface area contributed by atoms with Gasteiger partial charge in [0.05, 0.1) is 19.6 Å². The first-order chi connectivity index (χ1) is 10.4. The zero-order valence-electron chi connectivity index (χ0n) is 13.4. The lowest BCUT2D eigenvalue weighted by Gasteiger charge is -2.08. The van der Waals surface area contributed by atoms with E-state index in [1.165, 1.54) is 0 Å². The Bertz CT molecular complexity index is 400. The van der Waals surface area contributed by atoms with Gasteiger partial charge in [-0.05, 0) is 5.75 Å². The number of Topliss-reactive ketones (excluding diaryl/α,β-unsaturated/α-hetero) is 1. The number of amides is 3. The van der Waals surface area contributed by atoms with Gasteiger partial charge in [0, 0.05) is 18.1 Å². The van der Waals surface area contributed by atoms with Gasteiger partial charge in [-0.1, -0.05) is 20.8 Å². The fourth-order valence-electron chi connectivity index (χ4n) is 1.27. The third-order valence-electron chi connectivity index (χ3n) is 2.67. The van der Waals surface area contributed by atoms with E-state index in [0.717, 1.165) is 11.5 Å². The maximum absolute atomic E-state index is 11.5. The molecule has 0 fully saturated rings. The molecule has 0 saturated heterocycles. The first-order valence-electron chi connectivity index (χ1n) is 7.27. The van der Waals surface area contributed by atoms with Crippen LogP contribution in [0.25, 0.3) is 0 Å². The largest absolute Gasteiger partial charge is 0.347 e. The van der Waals surface area contributed by atoms with E-state index >= 15 is 0 Å². The van der Waals surface area contributed by atoms with Crippen molar-refractivity contribution < 1.29 is 19.2 Å². The van der Waals surface area contributed by atoms with Crippen LogP contribution in [0.3, 0.4) is 0 Å². The molecular weight excluding hydrogens is 306 g/mol. The minimum Gasteiger partial charge on any atom is -0.347 e. The Kier molecular flexibility index (Phi) is 11.2. The summed E-state index contributed by atoms with van der Waals surface area (Å²) in [6.07, 6.45) is 0.365. The SMILES string of the molecule is CCSCCC(=O)NCC(=O)NCC(=O)NCC(=O)C(C)C. The van der Waals surface area contributed by atoms with Crippen LogP contribution in [0, 0.1) is 5.92 Å². The molecule has 3 amide bonds. The number of ketones is 1. The highest BCUT2D eigenvalue weighted by Crippen LogP contribution is 1.99. The van der Waals surface area contributed by atoms with Gasteiger partial charge in [-0.3, -0.25) is 19.2 Å². The zero-order valence-corrected chi connectivity index (χ0v) is 14.2. The van der Waals surface area contributed by atoms with E-state index in [4.69, 9.17) is 0 Å². The number of thioether (sulfide) groups is 1. The molecule has 0 bridgehead atoms. The summed E-state index contributed by atoms with van der Waals surface area (Å²) in [4.78, 5) is 45.6. The molecule has 7 nitrogen and oxygen atoms in total. The predicted molar refractivity (Wildman–Crippen MR) is 86.5 cm³/mol. The molecule has 3 N–H and O–H groups in total. The van der Waals surface area contributed by atoms with Crippen molar-refractivity contribution >= 4 is 35.3 Å². The van der Waals surface area contributed by atoms with E-state index in [1.54, 1.807) is 25.6 Å². The van der Waals surface area contributed by atoms with Crippen molar-refractivity contribution in [1.82, 2.24) is 16.0 Å². The Balaban J connectivity index is 3.74. The number of hydrogen-bond acceptors (Lipinski definition) is 5. The Morgan fingerprint density at radius 2 is 1.36 bits per heavy atom. The van der Waals surface area contributed by atoms with Crippen LogP contribution in [0.4, 0.5) is 0 Å². The van der Waals surface area contributed by atoms with E-state index in [9.17, 15) is 19.2 Å². The molecule has 0 heterocycles. The standard InChI is InChI=1S/C14H25N3O4S/c1-4-22-6-5-12(19)16-8-14(21)17-9-13(20)15-7-11(18)10(2)3/h10H,4-9H2,1-3H3,(H,15,20)(H,16,19)(H,17,21). The molecule has 0 aliphatic carbocycles. The van der Waals surface area contributed by atoms with E-state index < -0.39 is 11.8 Å². The Labute approximate surface area is 135 Å². The molecular formula is C14H25N3O4S. The first-order valence-corrected chi connectivity index (χ1v) is 8.42. The van der Waals surface area contributed by atoms with Crippen LogP contribution in [-0.4, -0.2) is 54.6 Å². The van der Waals surface area contributed by atoms with E-state index in [2.05, 4.69) is 16.0 Å². The molecule has 0 radical (unpaired) electrons. The molecule has 0 rings (SSSR count). The molecule has 0 atom stereocenters. The quantitative estimate of drug-likeness (QED) is 0.451. The molecule has 0 aliphatic rings. The van der Waals surface area contributed by atoms with Crippen molar-refractivity contribution in [3.63, 3.8) is 0 Å². The monoisotopic (exact) mass is 331 g/mol. The molecule has 126 valence electrons. The van der Waals surface area contributed by atoms with Gasteiger partial charge >= 0.3 is 0 Å². The summed E-state index contributed by atoms with van der Waals surface area (Å²) in [6, 6.07) is 0. The summed E-state index contributed by atoms with van der Waals surface area (Å²) in [5.41, 5.74) is 0. The fourth-order valence-corrected chi connectivity index (χ4v) is 1.89. The second kappa shape index (κ2) is 12.0. The average molecular weight is 331 g/mol. The molecule has 0 aromatic heterocycles. The number of rotatable bonds is 11. The van der Waals surface area contributed by atoms with E-state index in [-0.39, 0.29) is 37.2 Å². The van der Waals surface area contributed by atoms with Gasteiger partial charge in [0.15, 0.2) is 5.78 Å². The van der Waals surface area contributed by atoms with Gasteiger partial charge in [0.2, 0.25) is 17.7 Å². The van der Waals surface area contributed by atoms with Gasteiger partial charge in [-0.25, -0.2) is 0 Å². The summed E-state index contributed by atoms with van der Waals surface area (Å²) in [5, 5.41) is 7.28. The van der Waals surface area contributed by atoms with Crippen molar-refractivity contribution in [2.45, 2.75) is 27.2 Å². The van der Waals surface area contributed by atoms with Crippen LogP contribution in [0.5, 0.6) is 0 Å². The summed E-state index contributed by atoms with van der Waals surface area (Å²) in [7, 11) is 0. The van der Waals surface area contributed by atoms with Gasteiger partial charge in [0.1, 0.15) is 0 Å². The Morgan fingerprint density at radius 3 is 1.86 bits per heavy atom. The maximum Gasteiger partial charge on any atom is 0.239 e. The van der Waals surface area contributed by atoms with E-state index in [0.29, 0.717) is 6.42 Å². The maximum atomic E-state index is 11.5. The first kappa shape index (κ1) is 20.4. The highest BCUT2D eigenvalue weighted by Gasteiger charge is 2.10. The van der Waals surface area contributed by atoms with Crippen LogP contribution >= 0.6 is 11.8 Å². The van der Waals surface area contributed by atoms with Crippen LogP contribution < -0.4 is 16.0 Å². The molecule has 8 heteroatoms. The minimum atomic E-state index is -0.443.